The lowest BCUT2D eigenvalue weighted by Gasteiger charge is -2.00. The topological polar surface area (TPSA) is 86.5 Å². The van der Waals surface area contributed by atoms with Crippen LogP contribution < -0.4 is 0 Å². The summed E-state index contributed by atoms with van der Waals surface area (Å²) >= 11 is 0. The fourth-order valence-electron chi connectivity index (χ4n) is 1.13. The first-order chi connectivity index (χ1) is 8.36. The first kappa shape index (κ1) is 14.4. The minimum absolute atomic E-state index is 0.0904. The van der Waals surface area contributed by atoms with Gasteiger partial charge in [0.1, 0.15) is 11.5 Å². The maximum absolute atomic E-state index is 11.3. The summed E-state index contributed by atoms with van der Waals surface area (Å²) < 4.78 is 27.3. The van der Waals surface area contributed by atoms with Gasteiger partial charge in [-0.25, -0.2) is 8.42 Å². The predicted molar refractivity (Wildman–Crippen MR) is 64.9 cm³/mol. The normalized spacial score (nSPS) is 10.6. The monoisotopic (exact) mass is 289 g/mol. The zero-order chi connectivity index (χ0) is 13.8. The number of rotatable bonds is 3. The predicted octanol–water partition coefficient (Wildman–Crippen LogP) is 1.52. The highest BCUT2D eigenvalue weighted by Crippen LogP contribution is 2.24. The van der Waals surface area contributed by atoms with Crippen LogP contribution in [0.2, 0.25) is 0 Å². The van der Waals surface area contributed by atoms with Gasteiger partial charge in [0, 0.05) is 35.5 Å². The summed E-state index contributed by atoms with van der Waals surface area (Å²) in [4.78, 5) is 9.47. The van der Waals surface area contributed by atoms with Crippen molar-refractivity contribution in [3.63, 3.8) is 0 Å². The minimum atomic E-state index is -4.10. The highest BCUT2D eigenvalue weighted by atomic mass is 35.7. The van der Waals surface area contributed by atoms with E-state index in [-0.39, 0.29) is 22.8 Å². The number of non-ortho nitro benzene ring substituents is 1. The van der Waals surface area contributed by atoms with Crippen molar-refractivity contribution >= 4 is 25.4 Å². The zero-order valence-electron chi connectivity index (χ0n) is 9.21. The molecule has 0 N–H and O–H groups in total. The number of benzene rings is 1. The van der Waals surface area contributed by atoms with Gasteiger partial charge in [0.2, 0.25) is 0 Å². The lowest BCUT2D eigenvalue weighted by atomic mass is 10.2. The molecule has 8 heteroatoms. The van der Waals surface area contributed by atoms with Gasteiger partial charge in [0.05, 0.1) is 4.92 Å². The van der Waals surface area contributed by atoms with E-state index in [1.54, 1.807) is 0 Å². The fourth-order valence-corrected chi connectivity index (χ4v) is 2.16. The molecule has 96 valence electrons. The molecule has 0 aliphatic heterocycles. The molecule has 0 saturated carbocycles. The minimum Gasteiger partial charge on any atom is -0.372 e. The van der Waals surface area contributed by atoms with Crippen LogP contribution in [-0.4, -0.2) is 27.1 Å². The van der Waals surface area contributed by atoms with Crippen molar-refractivity contribution in [3.8, 4) is 11.8 Å². The Bertz CT molecular complexity index is 629. The van der Waals surface area contributed by atoms with Crippen molar-refractivity contribution in [1.29, 1.82) is 0 Å². The number of nitro benzene ring substituents is 1. The molecule has 0 aliphatic rings. The number of nitro groups is 1. The molecule has 1 aromatic rings. The second kappa shape index (κ2) is 5.82. The van der Waals surface area contributed by atoms with E-state index >= 15 is 0 Å². The van der Waals surface area contributed by atoms with Crippen LogP contribution in [0.4, 0.5) is 5.69 Å². The SMILES string of the molecule is COCC#Cc1ccc([N+](=O)[O-])cc1S(=O)(=O)Cl. The fraction of sp³-hybridized carbons (Fsp3) is 0.200. The van der Waals surface area contributed by atoms with Crippen molar-refractivity contribution in [2.24, 2.45) is 0 Å². The molecular formula is C10H8ClNO5S. The van der Waals surface area contributed by atoms with Gasteiger partial charge in [-0.2, -0.15) is 0 Å². The van der Waals surface area contributed by atoms with E-state index in [9.17, 15) is 18.5 Å². The Morgan fingerprint density at radius 1 is 1.50 bits per heavy atom. The molecule has 0 bridgehead atoms. The smallest absolute Gasteiger partial charge is 0.270 e. The molecule has 0 aliphatic carbocycles. The van der Waals surface area contributed by atoms with Crippen LogP contribution in [0.15, 0.2) is 23.1 Å². The molecule has 0 unspecified atom stereocenters. The maximum Gasteiger partial charge on any atom is 0.270 e. The van der Waals surface area contributed by atoms with Crippen LogP contribution in [0.1, 0.15) is 5.56 Å². The van der Waals surface area contributed by atoms with Crippen LogP contribution in [0.3, 0.4) is 0 Å². The molecule has 0 amide bonds. The van der Waals surface area contributed by atoms with Crippen LogP contribution >= 0.6 is 10.7 Å². The molecule has 1 rings (SSSR count). The number of nitrogens with zero attached hydrogens (tertiary/aromatic N) is 1. The summed E-state index contributed by atoms with van der Waals surface area (Å²) in [7, 11) is 2.54. The third-order valence-electron chi connectivity index (χ3n) is 1.88. The van der Waals surface area contributed by atoms with Gasteiger partial charge in [0.25, 0.3) is 14.7 Å². The Kier molecular flexibility index (Phi) is 4.67. The summed E-state index contributed by atoms with van der Waals surface area (Å²) in [5.41, 5.74) is -0.279. The molecule has 0 heterocycles. The van der Waals surface area contributed by atoms with Crippen molar-refractivity contribution in [2.45, 2.75) is 4.90 Å². The average Bonchev–Trinajstić information content (AvgIpc) is 2.28. The number of ether oxygens (including phenoxy) is 1. The second-order valence-electron chi connectivity index (χ2n) is 3.11. The molecule has 18 heavy (non-hydrogen) atoms. The molecule has 6 nitrogen and oxygen atoms in total. The average molecular weight is 290 g/mol. The van der Waals surface area contributed by atoms with Crippen molar-refractivity contribution in [1.82, 2.24) is 0 Å². The van der Waals surface area contributed by atoms with E-state index in [1.807, 2.05) is 0 Å². The van der Waals surface area contributed by atoms with Gasteiger partial charge in [-0.1, -0.05) is 11.8 Å². The van der Waals surface area contributed by atoms with Gasteiger partial charge < -0.3 is 4.74 Å². The molecule has 0 fully saturated rings. The van der Waals surface area contributed by atoms with Crippen LogP contribution in [-0.2, 0) is 13.8 Å². The van der Waals surface area contributed by atoms with E-state index in [2.05, 4.69) is 16.6 Å². The van der Waals surface area contributed by atoms with E-state index in [4.69, 9.17) is 10.7 Å². The Morgan fingerprint density at radius 2 is 2.17 bits per heavy atom. The van der Waals surface area contributed by atoms with Crippen molar-refractivity contribution in [3.05, 3.63) is 33.9 Å². The molecule has 0 spiro atoms. The maximum atomic E-state index is 11.3. The summed E-state index contributed by atoms with van der Waals surface area (Å²) in [6, 6.07) is 3.26. The van der Waals surface area contributed by atoms with Crippen LogP contribution in [0.5, 0.6) is 0 Å². The summed E-state index contributed by atoms with van der Waals surface area (Å²) in [5, 5.41) is 10.6. The highest BCUT2D eigenvalue weighted by Gasteiger charge is 2.19. The highest BCUT2D eigenvalue weighted by molar-refractivity contribution is 8.13. The largest absolute Gasteiger partial charge is 0.372 e. The molecule has 0 aromatic heterocycles. The first-order valence-corrected chi connectivity index (χ1v) is 6.88. The van der Waals surface area contributed by atoms with Gasteiger partial charge in [-0.3, -0.25) is 10.1 Å². The molecule has 0 atom stereocenters. The number of hydrogen-bond acceptors (Lipinski definition) is 5. The Labute approximate surface area is 108 Å². The van der Waals surface area contributed by atoms with Crippen LogP contribution in [0, 0.1) is 22.0 Å². The van der Waals surface area contributed by atoms with E-state index in [0.717, 1.165) is 12.1 Å². The Hall–Kier alpha value is -1.62. The first-order valence-electron chi connectivity index (χ1n) is 4.57. The number of methoxy groups -OCH3 is 1. The lowest BCUT2D eigenvalue weighted by Crippen LogP contribution is -1.98. The standard InChI is InChI=1S/C10H8ClNO5S/c1-17-6-2-3-8-4-5-9(12(13)14)7-10(8)18(11,15)16/h4-5,7H,6H2,1H3. The second-order valence-corrected chi connectivity index (χ2v) is 5.64. The molecule has 0 saturated heterocycles. The van der Waals surface area contributed by atoms with Gasteiger partial charge in [0.15, 0.2) is 0 Å². The zero-order valence-corrected chi connectivity index (χ0v) is 10.8. The molecular weight excluding hydrogens is 282 g/mol. The lowest BCUT2D eigenvalue weighted by molar-refractivity contribution is -0.385. The third kappa shape index (κ3) is 3.70. The number of hydrogen-bond donors (Lipinski definition) is 0. The van der Waals surface area contributed by atoms with Crippen molar-refractivity contribution in [2.75, 3.05) is 13.7 Å². The van der Waals surface area contributed by atoms with Crippen molar-refractivity contribution < 1.29 is 18.1 Å². The van der Waals surface area contributed by atoms with Gasteiger partial charge >= 0.3 is 0 Å². The number of halogens is 1. The Balaban J connectivity index is 3.37. The molecule has 1 aromatic carbocycles. The van der Waals surface area contributed by atoms with E-state index in [0.29, 0.717) is 0 Å². The van der Waals surface area contributed by atoms with Crippen LogP contribution in [0.25, 0.3) is 0 Å². The third-order valence-corrected chi connectivity index (χ3v) is 3.24. The van der Waals surface area contributed by atoms with E-state index in [1.165, 1.54) is 13.2 Å². The molecule has 0 radical (unpaired) electrons. The van der Waals surface area contributed by atoms with Gasteiger partial charge in [-0.15, -0.1) is 0 Å². The quantitative estimate of drug-likeness (QED) is 0.364. The Morgan fingerprint density at radius 3 is 2.67 bits per heavy atom. The summed E-state index contributed by atoms with van der Waals surface area (Å²) in [5.74, 6) is 5.07. The summed E-state index contributed by atoms with van der Waals surface area (Å²) in [6.07, 6.45) is 0. The van der Waals surface area contributed by atoms with Gasteiger partial charge in [-0.05, 0) is 6.07 Å². The summed E-state index contributed by atoms with van der Waals surface area (Å²) in [6.45, 7) is 0.110. The van der Waals surface area contributed by atoms with E-state index < -0.39 is 14.0 Å².